The van der Waals surface area contributed by atoms with Crippen LogP contribution in [0.5, 0.6) is 0 Å². The van der Waals surface area contributed by atoms with Gasteiger partial charge in [-0.15, -0.1) is 0 Å². The van der Waals surface area contributed by atoms with E-state index in [1.165, 1.54) is 0 Å². The number of nitrogens with zero attached hydrogens (tertiary/aromatic N) is 1. The van der Waals surface area contributed by atoms with Gasteiger partial charge in [0, 0.05) is 24.9 Å². The Kier molecular flexibility index (Phi) is 3.24. The molecule has 1 heterocycles. The second-order valence-electron chi connectivity index (χ2n) is 5.84. The van der Waals surface area contributed by atoms with Crippen molar-refractivity contribution >= 4 is 5.91 Å². The molecule has 1 amide bonds. The van der Waals surface area contributed by atoms with Crippen molar-refractivity contribution in [1.29, 1.82) is 0 Å². The van der Waals surface area contributed by atoms with Crippen LogP contribution in [0.3, 0.4) is 0 Å². The van der Waals surface area contributed by atoms with Crippen molar-refractivity contribution in [3.8, 4) is 0 Å². The van der Waals surface area contributed by atoms with E-state index < -0.39 is 0 Å². The van der Waals surface area contributed by atoms with Crippen LogP contribution < -0.4 is 0 Å². The summed E-state index contributed by atoms with van der Waals surface area (Å²) in [6.45, 7) is 7.85. The van der Waals surface area contributed by atoms with E-state index in [0.29, 0.717) is 17.8 Å². The van der Waals surface area contributed by atoms with Crippen molar-refractivity contribution in [2.75, 3.05) is 13.1 Å². The highest BCUT2D eigenvalue weighted by Gasteiger charge is 2.43. The minimum absolute atomic E-state index is 0.107. The number of aliphatic hydroxyl groups excluding tert-OH is 1. The molecule has 0 aromatic rings. The minimum Gasteiger partial charge on any atom is -0.393 e. The molecule has 0 radical (unpaired) electrons. The quantitative estimate of drug-likeness (QED) is 0.774. The molecule has 2 rings (SSSR count). The summed E-state index contributed by atoms with van der Waals surface area (Å²) in [5.41, 5.74) is 0. The lowest BCUT2D eigenvalue weighted by Gasteiger charge is -2.24. The van der Waals surface area contributed by atoms with E-state index in [9.17, 15) is 9.90 Å². The first kappa shape index (κ1) is 11.9. The Balaban J connectivity index is 1.96. The van der Waals surface area contributed by atoms with E-state index in [1.54, 1.807) is 0 Å². The van der Waals surface area contributed by atoms with Crippen LogP contribution in [0.1, 0.15) is 33.6 Å². The molecule has 4 atom stereocenters. The Morgan fingerprint density at radius 1 is 1.25 bits per heavy atom. The second kappa shape index (κ2) is 4.36. The average molecular weight is 225 g/mol. The van der Waals surface area contributed by atoms with Crippen LogP contribution in [0.25, 0.3) is 0 Å². The molecule has 1 aliphatic heterocycles. The minimum atomic E-state index is -0.169. The second-order valence-corrected chi connectivity index (χ2v) is 5.84. The molecule has 0 spiro atoms. The highest BCUT2D eigenvalue weighted by atomic mass is 16.3. The molecule has 3 nitrogen and oxygen atoms in total. The number of likely N-dealkylation sites (tertiary alicyclic amines) is 1. The molecule has 92 valence electrons. The Hall–Kier alpha value is -0.570. The number of aliphatic hydroxyl groups is 1. The van der Waals surface area contributed by atoms with Gasteiger partial charge in [0.2, 0.25) is 5.91 Å². The lowest BCUT2D eigenvalue weighted by atomic mass is 9.96. The first-order valence-electron chi connectivity index (χ1n) is 6.47. The molecule has 3 heteroatoms. The maximum Gasteiger partial charge on any atom is 0.225 e. The predicted octanol–water partition coefficient (Wildman–Crippen LogP) is 1.51. The average Bonchev–Trinajstić information content (AvgIpc) is 2.79. The number of fused-ring (bicyclic) bond motifs is 1. The molecule has 16 heavy (non-hydrogen) atoms. The fraction of sp³-hybridized carbons (Fsp3) is 0.923. The van der Waals surface area contributed by atoms with Crippen LogP contribution in [0.4, 0.5) is 0 Å². The van der Waals surface area contributed by atoms with E-state index in [2.05, 4.69) is 13.8 Å². The van der Waals surface area contributed by atoms with Crippen LogP contribution in [0.15, 0.2) is 0 Å². The van der Waals surface area contributed by atoms with Crippen LogP contribution in [0.2, 0.25) is 0 Å². The number of amides is 1. The van der Waals surface area contributed by atoms with Crippen molar-refractivity contribution in [3.63, 3.8) is 0 Å². The van der Waals surface area contributed by atoms with Crippen LogP contribution in [0, 0.1) is 23.7 Å². The zero-order valence-corrected chi connectivity index (χ0v) is 10.5. The van der Waals surface area contributed by atoms with Gasteiger partial charge in [-0.2, -0.15) is 0 Å². The summed E-state index contributed by atoms with van der Waals surface area (Å²) in [7, 11) is 0. The summed E-state index contributed by atoms with van der Waals surface area (Å²) in [6.07, 6.45) is 1.85. The van der Waals surface area contributed by atoms with E-state index >= 15 is 0 Å². The third-order valence-electron chi connectivity index (χ3n) is 4.52. The summed E-state index contributed by atoms with van der Waals surface area (Å²) in [6, 6.07) is 0. The molecule has 1 aliphatic carbocycles. The van der Waals surface area contributed by atoms with Gasteiger partial charge in [0.05, 0.1) is 6.10 Å². The number of hydrogen-bond acceptors (Lipinski definition) is 2. The summed E-state index contributed by atoms with van der Waals surface area (Å²) in [4.78, 5) is 14.1. The SMILES string of the molecule is CC(C)C(C)C(=O)N1CC2CCC(O)C2C1. The fourth-order valence-corrected chi connectivity index (χ4v) is 2.99. The lowest BCUT2D eigenvalue weighted by molar-refractivity contribution is -0.135. The number of carbonyl (C=O) groups is 1. The standard InChI is InChI=1S/C13H23NO2/c1-8(2)9(3)13(16)14-6-10-4-5-12(15)11(10)7-14/h8-12,15H,4-7H2,1-3H3. The number of hydrogen-bond donors (Lipinski definition) is 1. The van der Waals surface area contributed by atoms with Crippen molar-refractivity contribution in [2.45, 2.75) is 39.7 Å². The van der Waals surface area contributed by atoms with Crippen molar-refractivity contribution in [2.24, 2.45) is 23.7 Å². The topological polar surface area (TPSA) is 40.5 Å². The molecule has 1 saturated heterocycles. The Morgan fingerprint density at radius 2 is 1.94 bits per heavy atom. The van der Waals surface area contributed by atoms with Gasteiger partial charge in [0.15, 0.2) is 0 Å². The molecule has 0 aromatic carbocycles. The fourth-order valence-electron chi connectivity index (χ4n) is 2.99. The molecular weight excluding hydrogens is 202 g/mol. The molecular formula is C13H23NO2. The highest BCUT2D eigenvalue weighted by Crippen LogP contribution is 2.38. The van der Waals surface area contributed by atoms with Crippen molar-refractivity contribution < 1.29 is 9.90 Å². The molecule has 4 unspecified atom stereocenters. The molecule has 2 fully saturated rings. The Bertz CT molecular complexity index is 277. The van der Waals surface area contributed by atoms with Crippen LogP contribution >= 0.6 is 0 Å². The first-order chi connectivity index (χ1) is 7.50. The Morgan fingerprint density at radius 3 is 2.50 bits per heavy atom. The van der Waals surface area contributed by atoms with Gasteiger partial charge in [0.1, 0.15) is 0 Å². The third-order valence-corrected chi connectivity index (χ3v) is 4.52. The van der Waals surface area contributed by atoms with Gasteiger partial charge in [-0.25, -0.2) is 0 Å². The molecule has 0 aromatic heterocycles. The van der Waals surface area contributed by atoms with E-state index in [0.717, 1.165) is 25.9 Å². The number of carbonyl (C=O) groups excluding carboxylic acids is 1. The van der Waals surface area contributed by atoms with E-state index in [-0.39, 0.29) is 17.9 Å². The van der Waals surface area contributed by atoms with Crippen molar-refractivity contribution in [3.05, 3.63) is 0 Å². The van der Waals surface area contributed by atoms with Crippen LogP contribution in [-0.2, 0) is 4.79 Å². The van der Waals surface area contributed by atoms with Crippen LogP contribution in [-0.4, -0.2) is 35.1 Å². The third kappa shape index (κ3) is 1.97. The largest absolute Gasteiger partial charge is 0.393 e. The summed E-state index contributed by atoms with van der Waals surface area (Å²) >= 11 is 0. The van der Waals surface area contributed by atoms with Gasteiger partial charge >= 0.3 is 0 Å². The summed E-state index contributed by atoms with van der Waals surface area (Å²) in [5.74, 6) is 1.69. The predicted molar refractivity (Wildman–Crippen MR) is 62.8 cm³/mol. The zero-order chi connectivity index (χ0) is 11.9. The normalized spacial score (nSPS) is 35.6. The number of rotatable bonds is 2. The molecule has 1 N–H and O–H groups in total. The van der Waals surface area contributed by atoms with E-state index in [1.807, 2.05) is 11.8 Å². The van der Waals surface area contributed by atoms with Gasteiger partial charge in [-0.05, 0) is 24.7 Å². The maximum atomic E-state index is 12.2. The first-order valence-corrected chi connectivity index (χ1v) is 6.47. The van der Waals surface area contributed by atoms with Gasteiger partial charge in [-0.1, -0.05) is 20.8 Å². The van der Waals surface area contributed by atoms with Gasteiger partial charge < -0.3 is 10.0 Å². The smallest absolute Gasteiger partial charge is 0.225 e. The molecule has 2 aliphatic rings. The van der Waals surface area contributed by atoms with Crippen molar-refractivity contribution in [1.82, 2.24) is 4.90 Å². The van der Waals surface area contributed by atoms with Gasteiger partial charge in [0.25, 0.3) is 0 Å². The van der Waals surface area contributed by atoms with E-state index in [4.69, 9.17) is 0 Å². The molecule has 0 bridgehead atoms. The van der Waals surface area contributed by atoms with Gasteiger partial charge in [-0.3, -0.25) is 4.79 Å². The maximum absolute atomic E-state index is 12.2. The highest BCUT2D eigenvalue weighted by molar-refractivity contribution is 5.79. The molecule has 1 saturated carbocycles. The monoisotopic (exact) mass is 225 g/mol. The lowest BCUT2D eigenvalue weighted by Crippen LogP contribution is -2.36. The summed E-state index contributed by atoms with van der Waals surface area (Å²) in [5, 5.41) is 9.81. The zero-order valence-electron chi connectivity index (χ0n) is 10.5. The summed E-state index contributed by atoms with van der Waals surface area (Å²) < 4.78 is 0. The Labute approximate surface area is 97.8 Å².